The Bertz CT molecular complexity index is 456. The monoisotopic (exact) mass is 232 g/mol. The van der Waals surface area contributed by atoms with Crippen molar-refractivity contribution in [3.63, 3.8) is 0 Å². The van der Waals surface area contributed by atoms with Crippen LogP contribution in [0.5, 0.6) is 0 Å². The Hall–Kier alpha value is -1.84. The molecule has 1 atom stereocenters. The standard InChI is InChI=1S/C13H16N2O2/c1-9-4-3-5-10(8-9)15(2)13(17)11-6-7-12(16)14-11/h3-5,8,11H,6-7H2,1-2H3,(H,14,16)/t11-/m0/s1. The predicted molar refractivity (Wildman–Crippen MR) is 65.8 cm³/mol. The molecule has 0 saturated carbocycles. The normalized spacial score (nSPS) is 18.9. The van der Waals surface area contributed by atoms with Gasteiger partial charge in [-0.1, -0.05) is 12.1 Å². The van der Waals surface area contributed by atoms with Crippen LogP contribution >= 0.6 is 0 Å². The van der Waals surface area contributed by atoms with Gasteiger partial charge in [0.05, 0.1) is 0 Å². The van der Waals surface area contributed by atoms with Crippen LogP contribution in [-0.4, -0.2) is 24.9 Å². The topological polar surface area (TPSA) is 49.4 Å². The molecule has 4 heteroatoms. The smallest absolute Gasteiger partial charge is 0.249 e. The molecule has 17 heavy (non-hydrogen) atoms. The number of hydrogen-bond acceptors (Lipinski definition) is 2. The molecule has 2 amide bonds. The van der Waals surface area contributed by atoms with E-state index in [0.717, 1.165) is 11.3 Å². The maximum absolute atomic E-state index is 12.1. The summed E-state index contributed by atoms with van der Waals surface area (Å²) in [4.78, 5) is 24.8. The largest absolute Gasteiger partial charge is 0.344 e. The number of nitrogens with zero attached hydrogens (tertiary/aromatic N) is 1. The zero-order valence-electron chi connectivity index (χ0n) is 10.1. The van der Waals surface area contributed by atoms with E-state index >= 15 is 0 Å². The highest BCUT2D eigenvalue weighted by Gasteiger charge is 2.29. The van der Waals surface area contributed by atoms with Crippen molar-refractivity contribution in [2.45, 2.75) is 25.8 Å². The van der Waals surface area contributed by atoms with Gasteiger partial charge in [0.1, 0.15) is 6.04 Å². The molecular formula is C13H16N2O2. The first-order valence-electron chi connectivity index (χ1n) is 5.71. The molecule has 1 aliphatic heterocycles. The van der Waals surface area contributed by atoms with Crippen molar-refractivity contribution in [1.82, 2.24) is 5.32 Å². The number of likely N-dealkylation sites (N-methyl/N-ethyl adjacent to an activating group) is 1. The highest BCUT2D eigenvalue weighted by Crippen LogP contribution is 2.17. The van der Waals surface area contributed by atoms with Crippen molar-refractivity contribution >= 4 is 17.5 Å². The first-order chi connectivity index (χ1) is 8.08. The van der Waals surface area contributed by atoms with Crippen LogP contribution in [0.3, 0.4) is 0 Å². The zero-order valence-corrected chi connectivity index (χ0v) is 10.1. The van der Waals surface area contributed by atoms with Crippen molar-refractivity contribution in [2.24, 2.45) is 0 Å². The Morgan fingerprint density at radius 3 is 2.82 bits per heavy atom. The number of amides is 2. The Balaban J connectivity index is 2.12. The average molecular weight is 232 g/mol. The summed E-state index contributed by atoms with van der Waals surface area (Å²) in [7, 11) is 1.74. The van der Waals surface area contributed by atoms with E-state index < -0.39 is 0 Å². The number of hydrogen-bond donors (Lipinski definition) is 1. The minimum Gasteiger partial charge on any atom is -0.344 e. The Morgan fingerprint density at radius 1 is 1.47 bits per heavy atom. The first kappa shape index (κ1) is 11.6. The molecule has 0 radical (unpaired) electrons. The summed E-state index contributed by atoms with van der Waals surface area (Å²) < 4.78 is 0. The molecule has 1 fully saturated rings. The zero-order chi connectivity index (χ0) is 12.4. The summed E-state index contributed by atoms with van der Waals surface area (Å²) in [5, 5.41) is 2.69. The lowest BCUT2D eigenvalue weighted by Gasteiger charge is -2.21. The molecular weight excluding hydrogens is 216 g/mol. The molecule has 1 N–H and O–H groups in total. The second-order valence-electron chi connectivity index (χ2n) is 4.40. The van der Waals surface area contributed by atoms with Gasteiger partial charge in [0.25, 0.3) is 0 Å². The molecule has 1 aliphatic rings. The summed E-state index contributed by atoms with van der Waals surface area (Å²) in [6, 6.07) is 7.38. The number of carbonyl (C=O) groups is 2. The summed E-state index contributed by atoms with van der Waals surface area (Å²) >= 11 is 0. The van der Waals surface area contributed by atoms with E-state index in [9.17, 15) is 9.59 Å². The lowest BCUT2D eigenvalue weighted by atomic mass is 10.1. The van der Waals surface area contributed by atoms with Gasteiger partial charge in [0.15, 0.2) is 0 Å². The molecule has 0 bridgehead atoms. The maximum atomic E-state index is 12.1. The molecule has 1 heterocycles. The third-order valence-corrected chi connectivity index (χ3v) is 3.01. The van der Waals surface area contributed by atoms with Gasteiger partial charge in [-0.15, -0.1) is 0 Å². The summed E-state index contributed by atoms with van der Waals surface area (Å²) in [5.41, 5.74) is 1.97. The molecule has 0 spiro atoms. The van der Waals surface area contributed by atoms with E-state index in [0.29, 0.717) is 12.8 Å². The second-order valence-corrected chi connectivity index (χ2v) is 4.40. The average Bonchev–Trinajstić information content (AvgIpc) is 2.74. The van der Waals surface area contributed by atoms with Gasteiger partial charge < -0.3 is 10.2 Å². The Morgan fingerprint density at radius 2 is 2.24 bits per heavy atom. The molecule has 1 saturated heterocycles. The Kier molecular flexibility index (Phi) is 3.13. The minimum atomic E-state index is -0.368. The van der Waals surface area contributed by atoms with E-state index in [1.165, 1.54) is 0 Å². The van der Waals surface area contributed by atoms with Crippen LogP contribution in [0.4, 0.5) is 5.69 Å². The number of anilines is 1. The highest BCUT2D eigenvalue weighted by atomic mass is 16.2. The second kappa shape index (κ2) is 4.57. The van der Waals surface area contributed by atoms with E-state index in [2.05, 4.69) is 5.32 Å². The number of rotatable bonds is 2. The van der Waals surface area contributed by atoms with Crippen LogP contribution in [0.25, 0.3) is 0 Å². The molecule has 90 valence electrons. The van der Waals surface area contributed by atoms with Gasteiger partial charge in [-0.25, -0.2) is 0 Å². The van der Waals surface area contributed by atoms with Crippen LogP contribution < -0.4 is 10.2 Å². The number of aryl methyl sites for hydroxylation is 1. The van der Waals surface area contributed by atoms with Crippen LogP contribution in [0, 0.1) is 6.92 Å². The van der Waals surface area contributed by atoms with Crippen LogP contribution in [0.2, 0.25) is 0 Å². The number of carbonyl (C=O) groups excluding carboxylic acids is 2. The van der Waals surface area contributed by atoms with Crippen molar-refractivity contribution in [3.05, 3.63) is 29.8 Å². The predicted octanol–water partition coefficient (Wildman–Crippen LogP) is 1.24. The van der Waals surface area contributed by atoms with E-state index in [-0.39, 0.29) is 17.9 Å². The maximum Gasteiger partial charge on any atom is 0.249 e. The van der Waals surface area contributed by atoms with Crippen LogP contribution in [0.15, 0.2) is 24.3 Å². The van der Waals surface area contributed by atoms with Crippen LogP contribution in [0.1, 0.15) is 18.4 Å². The molecule has 0 aromatic heterocycles. The third kappa shape index (κ3) is 2.46. The van der Waals surface area contributed by atoms with Gasteiger partial charge >= 0.3 is 0 Å². The van der Waals surface area contributed by atoms with Gasteiger partial charge in [-0.05, 0) is 31.0 Å². The van der Waals surface area contributed by atoms with Crippen molar-refractivity contribution in [1.29, 1.82) is 0 Å². The fraction of sp³-hybridized carbons (Fsp3) is 0.385. The Labute approximate surface area is 101 Å². The van der Waals surface area contributed by atoms with Crippen molar-refractivity contribution in [3.8, 4) is 0 Å². The summed E-state index contributed by atoms with van der Waals surface area (Å²) in [5.74, 6) is -0.0950. The first-order valence-corrected chi connectivity index (χ1v) is 5.71. The molecule has 0 aliphatic carbocycles. The lowest BCUT2D eigenvalue weighted by Crippen LogP contribution is -2.42. The highest BCUT2D eigenvalue weighted by molar-refractivity contribution is 6.00. The molecule has 0 unspecified atom stereocenters. The number of benzene rings is 1. The quantitative estimate of drug-likeness (QED) is 0.834. The van der Waals surface area contributed by atoms with Gasteiger partial charge in [0, 0.05) is 19.2 Å². The van der Waals surface area contributed by atoms with Gasteiger partial charge in [-0.2, -0.15) is 0 Å². The van der Waals surface area contributed by atoms with Gasteiger partial charge in [-0.3, -0.25) is 9.59 Å². The SMILES string of the molecule is Cc1cccc(N(C)C(=O)[C@@H]2CCC(=O)N2)c1. The third-order valence-electron chi connectivity index (χ3n) is 3.01. The summed E-state index contributed by atoms with van der Waals surface area (Å²) in [6.07, 6.45) is 1.03. The molecule has 1 aromatic rings. The van der Waals surface area contributed by atoms with Gasteiger partial charge in [0.2, 0.25) is 11.8 Å². The van der Waals surface area contributed by atoms with Crippen molar-refractivity contribution in [2.75, 3.05) is 11.9 Å². The van der Waals surface area contributed by atoms with E-state index in [4.69, 9.17) is 0 Å². The van der Waals surface area contributed by atoms with Crippen LogP contribution in [-0.2, 0) is 9.59 Å². The minimum absolute atomic E-state index is 0.0407. The molecule has 1 aromatic carbocycles. The van der Waals surface area contributed by atoms with E-state index in [1.54, 1.807) is 11.9 Å². The molecule has 4 nitrogen and oxygen atoms in total. The number of nitrogens with one attached hydrogen (secondary N) is 1. The van der Waals surface area contributed by atoms with Crippen molar-refractivity contribution < 1.29 is 9.59 Å². The van der Waals surface area contributed by atoms with E-state index in [1.807, 2.05) is 31.2 Å². The fourth-order valence-electron chi connectivity index (χ4n) is 2.00. The fourth-order valence-corrected chi connectivity index (χ4v) is 2.00. The summed E-state index contributed by atoms with van der Waals surface area (Å²) in [6.45, 7) is 1.99. The lowest BCUT2D eigenvalue weighted by molar-refractivity contribution is -0.123. The molecule has 2 rings (SSSR count).